The van der Waals surface area contributed by atoms with Crippen LogP contribution < -0.4 is 0 Å². The largest absolute Gasteiger partial charge is 0.459 e. The maximum absolute atomic E-state index is 14.6. The van der Waals surface area contributed by atoms with Crippen LogP contribution in [0.5, 0.6) is 0 Å². The van der Waals surface area contributed by atoms with Crippen LogP contribution in [-0.2, 0) is 37.7 Å². The normalized spacial score (nSPS) is 43.3. The van der Waals surface area contributed by atoms with Crippen molar-refractivity contribution in [2.24, 2.45) is 28.8 Å². The Morgan fingerprint density at radius 2 is 1.35 bits per heavy atom. The molecule has 5 N–H and O–H groups in total. The van der Waals surface area contributed by atoms with E-state index in [2.05, 4.69) is 62.3 Å². The fourth-order valence-electron chi connectivity index (χ4n) is 12.5. The number of esters is 1. The van der Waals surface area contributed by atoms with Crippen LogP contribution in [0.1, 0.15) is 157 Å². The number of nitrogens with zero attached hydrogens (tertiary/aromatic N) is 2. The molecule has 0 aliphatic carbocycles. The Hall–Kier alpha value is -1.28. The topological polar surface area (TPSA) is 198 Å². The Balaban J connectivity index is 2.39. The van der Waals surface area contributed by atoms with Crippen molar-refractivity contribution < 1.29 is 63.3 Å². The molecule has 382 valence electrons. The Morgan fingerprint density at radius 1 is 0.815 bits per heavy atom. The average Bonchev–Trinajstić information content (AvgIpc) is 3.16. The van der Waals surface area contributed by atoms with E-state index in [9.17, 15) is 30.3 Å². The molecule has 0 spiro atoms. The zero-order chi connectivity index (χ0) is 50.4. The van der Waals surface area contributed by atoms with Crippen molar-refractivity contribution in [3.05, 3.63) is 0 Å². The molecule has 0 aromatic rings. The lowest BCUT2D eigenvalue weighted by Gasteiger charge is -2.55. The minimum Gasteiger partial charge on any atom is -0.459 e. The number of hydrogen-bond acceptors (Lipinski definition) is 15. The third-order valence-corrected chi connectivity index (χ3v) is 22.0. The molecule has 0 aromatic carbocycles. The molecule has 3 heterocycles. The first-order valence-corrected chi connectivity index (χ1v) is 26.1. The number of carbonyl (C=O) groups excluding carboxylic acids is 1. The Bertz CT molecular complexity index is 1550. The van der Waals surface area contributed by atoms with Crippen LogP contribution in [0.25, 0.3) is 0 Å². The van der Waals surface area contributed by atoms with Crippen molar-refractivity contribution in [3.8, 4) is 0 Å². The van der Waals surface area contributed by atoms with Gasteiger partial charge in [-0.25, -0.2) is 0 Å². The third kappa shape index (κ3) is 12.0. The van der Waals surface area contributed by atoms with Gasteiger partial charge in [-0.3, -0.25) is 4.79 Å². The summed E-state index contributed by atoms with van der Waals surface area (Å²) in [6, 6.07) is -0.326. The summed E-state index contributed by atoms with van der Waals surface area (Å²) in [6.07, 6.45) is -9.40. The zero-order valence-corrected chi connectivity index (χ0v) is 45.4. The van der Waals surface area contributed by atoms with Gasteiger partial charge in [0.25, 0.3) is 0 Å². The standard InChI is InChI=1S/C49H94N2O13Si/c1-23-34-49(19,57)39(53)29(4)36(50-64-65(44(8,9)10,45(11,12)13)46(14,15)16)27(2)25-47(17,56)41(63-43-37(52)33(51(20)21)24-28(3)59-43)30(5)38(31(6)42(55)61-34)62-35-26-48(18,58-22)40(54)32(7)60-35/h27-35,37-41,43,52-54,56-57H,23-26H2,1-22H3/b50-36+/t27-,28-,29+,30+,31-,32+,33+,34-,35+,37-,38+,39-,40+,41-,43+,47-,48-,49-/m1/s1. The van der Waals surface area contributed by atoms with Crippen LogP contribution >= 0.6 is 0 Å². The number of methoxy groups -OCH3 is 1. The monoisotopic (exact) mass is 947 g/mol. The van der Waals surface area contributed by atoms with Crippen LogP contribution in [0.2, 0.25) is 15.1 Å². The molecule has 0 bridgehead atoms. The van der Waals surface area contributed by atoms with Gasteiger partial charge in [0.1, 0.15) is 23.9 Å². The summed E-state index contributed by atoms with van der Waals surface area (Å²) >= 11 is 0. The highest BCUT2D eigenvalue weighted by Gasteiger charge is 2.65. The lowest BCUT2D eigenvalue weighted by molar-refractivity contribution is -0.317. The molecule has 0 unspecified atom stereocenters. The summed E-state index contributed by atoms with van der Waals surface area (Å²) in [7, 11) is 2.29. The highest BCUT2D eigenvalue weighted by Crippen LogP contribution is 2.62. The van der Waals surface area contributed by atoms with Gasteiger partial charge in [-0.15, -0.1) is 5.16 Å². The molecule has 0 radical (unpaired) electrons. The van der Waals surface area contributed by atoms with Gasteiger partial charge in [0, 0.05) is 37.3 Å². The molecule has 3 aliphatic heterocycles. The van der Waals surface area contributed by atoms with Gasteiger partial charge >= 0.3 is 14.3 Å². The number of cyclic esters (lactones) is 1. The molecule has 3 aliphatic rings. The van der Waals surface area contributed by atoms with E-state index in [1.807, 2.05) is 39.8 Å². The van der Waals surface area contributed by atoms with Crippen LogP contribution in [0.4, 0.5) is 0 Å². The summed E-state index contributed by atoms with van der Waals surface area (Å²) in [4.78, 5) is 16.5. The average molecular weight is 947 g/mol. The molecular formula is C49H94N2O13Si. The van der Waals surface area contributed by atoms with E-state index in [4.69, 9.17) is 38.1 Å². The molecule has 15 nitrogen and oxygen atoms in total. The Labute approximate surface area is 393 Å². The van der Waals surface area contributed by atoms with Gasteiger partial charge in [-0.2, -0.15) is 0 Å². The van der Waals surface area contributed by atoms with Crippen molar-refractivity contribution in [2.45, 2.75) is 257 Å². The number of aliphatic hydroxyl groups is 5. The van der Waals surface area contributed by atoms with E-state index >= 15 is 0 Å². The molecule has 3 fully saturated rings. The maximum atomic E-state index is 14.6. The number of oxime groups is 1. The van der Waals surface area contributed by atoms with Crippen LogP contribution in [0.3, 0.4) is 0 Å². The van der Waals surface area contributed by atoms with Crippen LogP contribution in [0.15, 0.2) is 5.16 Å². The minimum atomic E-state index is -2.99. The number of aliphatic hydroxyl groups excluding tert-OH is 3. The fraction of sp³-hybridized carbons (Fsp3) is 0.959. The number of carbonyl (C=O) groups is 1. The summed E-state index contributed by atoms with van der Waals surface area (Å²) in [5.41, 5.74) is -4.38. The molecule has 65 heavy (non-hydrogen) atoms. The molecule has 3 rings (SSSR count). The number of ether oxygens (including phenoxy) is 6. The fourth-order valence-corrected chi connectivity index (χ4v) is 20.3. The van der Waals surface area contributed by atoms with Crippen LogP contribution in [-0.4, -0.2) is 156 Å². The minimum absolute atomic E-state index is 0.00163. The SMILES string of the molecule is CC[C@H]1OC(=O)[C@H](C)[C@@H](O[C@H]2C[C@@](C)(OC)[C@@H](O)[C@H](C)O2)[C@H](C)[C@@H](O[C@@H]2O[C@H](C)C[C@H](N(C)C)[C@H]2O)[C@](C)(O)C[C@@H](C)/C(=N\O[Si](C(C)(C)C)(C(C)(C)C)C(C)(C)C)[C@H](C)[C@@H](O)[C@]1(C)O. The third-order valence-electron chi connectivity index (χ3n) is 15.3. The smallest absolute Gasteiger partial charge is 0.311 e. The summed E-state index contributed by atoms with van der Waals surface area (Å²) in [5.74, 6) is -4.08. The summed E-state index contributed by atoms with van der Waals surface area (Å²) < 4.78 is 45.4. The second kappa shape index (κ2) is 21.0. The molecular weight excluding hydrogens is 853 g/mol. The lowest BCUT2D eigenvalue weighted by atomic mass is 9.73. The van der Waals surface area contributed by atoms with E-state index in [1.54, 1.807) is 41.5 Å². The van der Waals surface area contributed by atoms with Crippen molar-refractivity contribution in [1.29, 1.82) is 0 Å². The van der Waals surface area contributed by atoms with Gasteiger partial charge in [-0.05, 0) is 90.0 Å². The van der Waals surface area contributed by atoms with Crippen molar-refractivity contribution in [1.82, 2.24) is 4.90 Å². The Morgan fingerprint density at radius 3 is 1.83 bits per heavy atom. The van der Waals surface area contributed by atoms with E-state index < -0.39 is 110 Å². The van der Waals surface area contributed by atoms with E-state index in [-0.39, 0.29) is 46.5 Å². The first-order valence-electron chi connectivity index (χ1n) is 24.2. The quantitative estimate of drug-likeness (QED) is 0.0906. The number of hydrogen-bond donors (Lipinski definition) is 5. The molecule has 18 atom stereocenters. The Kier molecular flexibility index (Phi) is 18.7. The zero-order valence-electron chi connectivity index (χ0n) is 44.4. The first kappa shape index (κ1) is 58.0. The van der Waals surface area contributed by atoms with Crippen molar-refractivity contribution in [3.63, 3.8) is 0 Å². The second-order valence-corrected chi connectivity index (χ2v) is 30.2. The van der Waals surface area contributed by atoms with Gasteiger partial charge in [0.2, 0.25) is 0 Å². The van der Waals surface area contributed by atoms with Gasteiger partial charge in [0.15, 0.2) is 12.6 Å². The maximum Gasteiger partial charge on any atom is 0.311 e. The highest BCUT2D eigenvalue weighted by atomic mass is 28.4. The van der Waals surface area contributed by atoms with E-state index in [1.165, 1.54) is 14.0 Å². The molecule has 0 amide bonds. The van der Waals surface area contributed by atoms with Crippen molar-refractivity contribution in [2.75, 3.05) is 21.2 Å². The lowest BCUT2D eigenvalue weighted by Crippen LogP contribution is -2.61. The van der Waals surface area contributed by atoms with Crippen molar-refractivity contribution >= 4 is 20.0 Å². The molecule has 16 heteroatoms. The van der Waals surface area contributed by atoms with Gasteiger partial charge in [-0.1, -0.05) is 90.0 Å². The first-order chi connectivity index (χ1) is 29.4. The predicted molar refractivity (Wildman–Crippen MR) is 255 cm³/mol. The number of likely N-dealkylation sites (N-methyl/N-ethyl adjacent to an activating group) is 1. The summed E-state index contributed by atoms with van der Waals surface area (Å²) in [5, 5.41) is 64.9. The second-order valence-electron chi connectivity index (χ2n) is 24.1. The van der Waals surface area contributed by atoms with Gasteiger partial charge in [0.05, 0.1) is 53.4 Å². The molecule has 0 saturated carbocycles. The van der Waals surface area contributed by atoms with Gasteiger partial charge < -0.3 is 63.4 Å². The molecule has 0 aromatic heterocycles. The van der Waals surface area contributed by atoms with E-state index in [0.29, 0.717) is 12.1 Å². The summed E-state index contributed by atoms with van der Waals surface area (Å²) in [6.45, 7) is 37.1. The molecule has 3 saturated heterocycles. The van der Waals surface area contributed by atoms with Crippen LogP contribution in [0, 0.1) is 23.7 Å². The highest BCUT2D eigenvalue weighted by molar-refractivity contribution is 6.82. The van der Waals surface area contributed by atoms with E-state index in [0.717, 1.165) is 0 Å². The predicted octanol–water partition coefficient (Wildman–Crippen LogP) is 6.93. The number of rotatable bonds is 9.